The Kier molecular flexibility index (Phi) is 4.70. The van der Waals surface area contributed by atoms with Crippen LogP contribution < -0.4 is 5.32 Å². The van der Waals surface area contributed by atoms with Crippen LogP contribution in [0.15, 0.2) is 19.8 Å². The molecule has 0 aromatic carbocycles. The second-order valence-electron chi connectivity index (χ2n) is 3.30. The molecule has 5 nitrogen and oxygen atoms in total. The lowest BCUT2D eigenvalue weighted by molar-refractivity contribution is -0.141. The molecule has 0 spiro atoms. The van der Waals surface area contributed by atoms with Crippen molar-refractivity contribution in [1.82, 2.24) is 20.2 Å². The molecule has 0 saturated carbocycles. The van der Waals surface area contributed by atoms with Crippen molar-refractivity contribution < 1.29 is 13.2 Å². The first-order valence-corrected chi connectivity index (χ1v) is 7.97. The Morgan fingerprint density at radius 3 is 2.45 bits per heavy atom. The molecule has 2 aromatic heterocycles. The van der Waals surface area contributed by atoms with Gasteiger partial charge in [0.15, 0.2) is 14.4 Å². The smallest absolute Gasteiger partial charge is 0.357 e. The molecule has 0 aliphatic rings. The maximum absolute atomic E-state index is 12.7. The monoisotopic (exact) mass is 339 g/mol. The van der Waals surface area contributed by atoms with Gasteiger partial charge in [0.25, 0.3) is 0 Å². The third-order valence-electron chi connectivity index (χ3n) is 1.97. The van der Waals surface area contributed by atoms with Gasteiger partial charge in [-0.1, -0.05) is 23.1 Å². The molecule has 1 N–H and O–H groups in total. The lowest BCUT2D eigenvalue weighted by atomic mass is 10.4. The molecule has 2 aromatic rings. The predicted molar refractivity (Wildman–Crippen MR) is 72.4 cm³/mol. The van der Waals surface area contributed by atoms with Crippen molar-refractivity contribution in [3.8, 4) is 0 Å². The van der Waals surface area contributed by atoms with Crippen molar-refractivity contribution in [3.05, 3.63) is 11.8 Å². The second kappa shape index (κ2) is 6.14. The summed E-state index contributed by atoms with van der Waals surface area (Å²) in [6.07, 6.45) is -2.67. The highest BCUT2D eigenvalue weighted by molar-refractivity contribution is 8.02. The van der Waals surface area contributed by atoms with E-state index in [2.05, 4.69) is 25.5 Å². The van der Waals surface area contributed by atoms with Crippen LogP contribution in [0.5, 0.6) is 0 Å². The van der Waals surface area contributed by atoms with Gasteiger partial charge >= 0.3 is 6.18 Å². The molecular formula is C9H8F3N5S3. The summed E-state index contributed by atoms with van der Waals surface area (Å²) < 4.78 is 39.4. The zero-order valence-corrected chi connectivity index (χ0v) is 12.7. The zero-order chi connectivity index (χ0) is 14.8. The minimum atomic E-state index is -4.52. The van der Waals surface area contributed by atoms with Crippen molar-refractivity contribution >= 4 is 40.8 Å². The average molecular weight is 339 g/mol. The quantitative estimate of drug-likeness (QED) is 0.677. The molecular weight excluding hydrogens is 331 g/mol. The van der Waals surface area contributed by atoms with Crippen molar-refractivity contribution in [1.29, 1.82) is 0 Å². The lowest BCUT2D eigenvalue weighted by Gasteiger charge is -2.08. The topological polar surface area (TPSA) is 63.6 Å². The van der Waals surface area contributed by atoms with Crippen LogP contribution in [-0.4, -0.2) is 33.5 Å². The maximum Gasteiger partial charge on any atom is 0.433 e. The van der Waals surface area contributed by atoms with E-state index in [1.165, 1.54) is 30.1 Å². The van der Waals surface area contributed by atoms with Crippen LogP contribution in [0.4, 0.5) is 19.1 Å². The summed E-state index contributed by atoms with van der Waals surface area (Å²) in [6.45, 7) is 0. The third-order valence-corrected chi connectivity index (χ3v) is 4.84. The fourth-order valence-electron chi connectivity index (χ4n) is 1.14. The Balaban J connectivity index is 2.31. The lowest BCUT2D eigenvalue weighted by Crippen LogP contribution is -2.11. The van der Waals surface area contributed by atoms with E-state index in [-0.39, 0.29) is 11.0 Å². The van der Waals surface area contributed by atoms with Crippen molar-refractivity contribution in [2.75, 3.05) is 18.6 Å². The van der Waals surface area contributed by atoms with E-state index in [0.29, 0.717) is 4.34 Å². The summed E-state index contributed by atoms with van der Waals surface area (Å²) in [6, 6.07) is 0.895. The summed E-state index contributed by atoms with van der Waals surface area (Å²) in [5.41, 5.74) is -0.992. The highest BCUT2D eigenvalue weighted by Crippen LogP contribution is 2.35. The van der Waals surface area contributed by atoms with Gasteiger partial charge in [0.1, 0.15) is 5.03 Å². The number of alkyl halides is 3. The number of nitrogens with zero attached hydrogens (tertiary/aromatic N) is 4. The second-order valence-corrected chi connectivity index (χ2v) is 6.60. The molecule has 0 bridgehead atoms. The minimum Gasteiger partial charge on any atom is -0.357 e. The molecule has 2 heterocycles. The molecule has 11 heteroatoms. The Morgan fingerprint density at radius 2 is 1.90 bits per heavy atom. The molecule has 0 radical (unpaired) electrons. The summed E-state index contributed by atoms with van der Waals surface area (Å²) in [4.78, 5) is 7.36. The summed E-state index contributed by atoms with van der Waals surface area (Å²) in [7, 11) is 1.46. The van der Waals surface area contributed by atoms with Gasteiger partial charge in [-0.3, -0.25) is 0 Å². The molecule has 0 aliphatic heterocycles. The SMILES string of the molecule is CNc1nc(Sc2nnc(SC)s2)cc(C(F)(F)F)n1. The fourth-order valence-corrected chi connectivity index (χ4v) is 3.53. The van der Waals surface area contributed by atoms with E-state index < -0.39 is 11.9 Å². The van der Waals surface area contributed by atoms with Crippen LogP contribution in [0.1, 0.15) is 5.69 Å². The number of halogens is 3. The zero-order valence-electron chi connectivity index (χ0n) is 10.2. The number of hydrogen-bond donors (Lipinski definition) is 1. The Labute approximate surface area is 124 Å². The van der Waals surface area contributed by atoms with Crippen LogP contribution in [0.25, 0.3) is 0 Å². The molecule has 0 atom stereocenters. The summed E-state index contributed by atoms with van der Waals surface area (Å²) in [5.74, 6) is -0.0862. The standard InChI is InChI=1S/C9H8F3N5S3/c1-13-6-14-4(9(10,11)12)3-5(15-6)19-8-17-16-7(18-2)20-8/h3H,1-2H3,(H,13,14,15). The molecule has 0 amide bonds. The minimum absolute atomic E-state index is 0.0862. The number of nitrogens with one attached hydrogen (secondary N) is 1. The van der Waals surface area contributed by atoms with Gasteiger partial charge in [-0.05, 0) is 18.0 Å². The highest BCUT2D eigenvalue weighted by atomic mass is 32.2. The maximum atomic E-state index is 12.7. The summed E-state index contributed by atoms with van der Waals surface area (Å²) >= 11 is 3.74. The first-order valence-electron chi connectivity index (χ1n) is 5.11. The summed E-state index contributed by atoms with van der Waals surface area (Å²) in [5, 5.41) is 10.4. The van der Waals surface area contributed by atoms with E-state index in [9.17, 15) is 13.2 Å². The molecule has 0 fully saturated rings. The number of hydrogen-bond acceptors (Lipinski definition) is 8. The van der Waals surface area contributed by atoms with Gasteiger partial charge in [-0.25, -0.2) is 9.97 Å². The van der Waals surface area contributed by atoms with Crippen LogP contribution in [-0.2, 0) is 6.18 Å². The van der Waals surface area contributed by atoms with Gasteiger partial charge in [-0.2, -0.15) is 13.2 Å². The Morgan fingerprint density at radius 1 is 1.20 bits per heavy atom. The van der Waals surface area contributed by atoms with Gasteiger partial charge in [0, 0.05) is 13.1 Å². The number of thioether (sulfide) groups is 1. The predicted octanol–water partition coefficient (Wildman–Crippen LogP) is 3.26. The van der Waals surface area contributed by atoms with Crippen molar-refractivity contribution in [2.24, 2.45) is 0 Å². The molecule has 108 valence electrons. The number of anilines is 1. The van der Waals surface area contributed by atoms with E-state index >= 15 is 0 Å². The van der Waals surface area contributed by atoms with Crippen LogP contribution in [0.3, 0.4) is 0 Å². The average Bonchev–Trinajstić information content (AvgIpc) is 2.85. The van der Waals surface area contributed by atoms with E-state index in [1.54, 1.807) is 0 Å². The first-order chi connectivity index (χ1) is 9.42. The third kappa shape index (κ3) is 3.73. The van der Waals surface area contributed by atoms with Gasteiger partial charge in [-0.15, -0.1) is 10.2 Å². The van der Waals surface area contributed by atoms with Crippen LogP contribution >= 0.6 is 34.9 Å². The molecule has 0 aliphatic carbocycles. The largest absolute Gasteiger partial charge is 0.433 e. The van der Waals surface area contributed by atoms with Gasteiger partial charge < -0.3 is 5.32 Å². The van der Waals surface area contributed by atoms with Crippen molar-refractivity contribution in [3.63, 3.8) is 0 Å². The van der Waals surface area contributed by atoms with Crippen LogP contribution in [0, 0.1) is 0 Å². The normalized spacial score (nSPS) is 11.7. The molecule has 0 unspecified atom stereocenters. The molecule has 20 heavy (non-hydrogen) atoms. The van der Waals surface area contributed by atoms with Gasteiger partial charge in [0.05, 0.1) is 0 Å². The number of rotatable bonds is 4. The molecule has 2 rings (SSSR count). The Hall–Kier alpha value is -1.07. The van der Waals surface area contributed by atoms with E-state index in [0.717, 1.165) is 22.2 Å². The van der Waals surface area contributed by atoms with Gasteiger partial charge in [0.2, 0.25) is 5.95 Å². The van der Waals surface area contributed by atoms with E-state index in [4.69, 9.17) is 0 Å². The number of aromatic nitrogens is 4. The first kappa shape index (κ1) is 15.3. The Bertz CT molecular complexity index is 601. The van der Waals surface area contributed by atoms with Crippen LogP contribution in [0.2, 0.25) is 0 Å². The highest BCUT2D eigenvalue weighted by Gasteiger charge is 2.33. The fraction of sp³-hybridized carbons (Fsp3) is 0.333. The molecule has 0 saturated heterocycles. The van der Waals surface area contributed by atoms with E-state index in [1.807, 2.05) is 6.26 Å². The van der Waals surface area contributed by atoms with Crippen molar-refractivity contribution in [2.45, 2.75) is 19.9 Å².